The Labute approximate surface area is 275 Å². The minimum Gasteiger partial charge on any atom is -0.468 e. The lowest BCUT2D eigenvalue weighted by Crippen LogP contribution is -2.41. The van der Waals surface area contributed by atoms with Crippen molar-refractivity contribution in [3.05, 3.63) is 78.8 Å². The van der Waals surface area contributed by atoms with Gasteiger partial charge in [0.05, 0.1) is 24.6 Å². The lowest BCUT2D eigenvalue weighted by molar-refractivity contribution is -0.142. The number of rotatable bonds is 17. The largest absolute Gasteiger partial charge is 0.468 e. The molecule has 5 unspecified atom stereocenters. The number of anilines is 1. The Kier molecular flexibility index (Phi) is 12.1. The van der Waals surface area contributed by atoms with Crippen LogP contribution in [0, 0.1) is 5.92 Å². The van der Waals surface area contributed by atoms with Gasteiger partial charge in [0.2, 0.25) is 0 Å². The van der Waals surface area contributed by atoms with Crippen molar-refractivity contribution in [2.75, 3.05) is 52.2 Å². The number of para-hydroxylation sites is 1. The van der Waals surface area contributed by atoms with Crippen LogP contribution in [-0.2, 0) is 16.0 Å². The van der Waals surface area contributed by atoms with E-state index in [0.29, 0.717) is 37.4 Å². The number of ether oxygens (including phenoxy) is 2. The average Bonchev–Trinajstić information content (AvgIpc) is 3.65. The van der Waals surface area contributed by atoms with E-state index in [4.69, 9.17) is 15.2 Å². The van der Waals surface area contributed by atoms with Gasteiger partial charge in [-0.3, -0.25) is 4.79 Å². The zero-order chi connectivity index (χ0) is 33.2. The van der Waals surface area contributed by atoms with Crippen LogP contribution in [0.25, 0.3) is 11.0 Å². The summed E-state index contributed by atoms with van der Waals surface area (Å²) in [5, 5.41) is 29.8. The van der Waals surface area contributed by atoms with Crippen LogP contribution in [0.5, 0.6) is 11.5 Å². The minimum absolute atomic E-state index is 0.175. The Bertz CT molecular complexity index is 1570. The van der Waals surface area contributed by atoms with Crippen molar-refractivity contribution in [3.8, 4) is 11.5 Å². The molecule has 2 aromatic heterocycles. The summed E-state index contributed by atoms with van der Waals surface area (Å²) in [6.07, 6.45) is 4.29. The molecule has 1 aliphatic rings. The first-order valence-corrected chi connectivity index (χ1v) is 16.3. The highest BCUT2D eigenvalue weighted by atomic mass is 16.5. The number of carbonyl (C=O) groups is 1. The monoisotopic (exact) mass is 645 g/mol. The van der Waals surface area contributed by atoms with E-state index < -0.39 is 24.2 Å². The molecule has 0 bridgehead atoms. The van der Waals surface area contributed by atoms with Crippen LogP contribution in [-0.4, -0.2) is 101 Å². The van der Waals surface area contributed by atoms with Crippen molar-refractivity contribution >= 4 is 22.8 Å². The van der Waals surface area contributed by atoms with Crippen molar-refractivity contribution in [2.24, 2.45) is 11.7 Å². The smallest absolute Gasteiger partial charge is 0.322 e. The number of aliphatic hydroxyl groups is 2. The third-order valence-corrected chi connectivity index (χ3v) is 8.92. The van der Waals surface area contributed by atoms with Gasteiger partial charge in [-0.2, -0.15) is 0 Å². The molecule has 47 heavy (non-hydrogen) atoms. The summed E-state index contributed by atoms with van der Waals surface area (Å²) in [7, 11) is 3.14. The Morgan fingerprint density at radius 3 is 2.66 bits per heavy atom. The molecule has 5 rings (SSSR count). The third-order valence-electron chi connectivity index (χ3n) is 8.92. The highest BCUT2D eigenvalue weighted by Gasteiger charge is 2.43. The number of hydrogen-bond acceptors (Lipinski definition) is 11. The normalized spacial score (nSPS) is 20.0. The molecule has 0 spiro atoms. The maximum absolute atomic E-state index is 12.0. The Morgan fingerprint density at radius 1 is 1.06 bits per heavy atom. The molecule has 1 fully saturated rings. The number of fused-ring (bicyclic) bond motifs is 1. The number of nitrogens with one attached hydrogen (secondary N) is 2. The second-order valence-corrected chi connectivity index (χ2v) is 12.1. The van der Waals surface area contributed by atoms with E-state index in [2.05, 4.69) is 37.6 Å². The molecule has 0 aliphatic heterocycles. The molecule has 6 N–H and O–H groups in total. The van der Waals surface area contributed by atoms with Crippen molar-refractivity contribution < 1.29 is 24.5 Å². The van der Waals surface area contributed by atoms with E-state index in [-0.39, 0.29) is 12.0 Å². The van der Waals surface area contributed by atoms with Crippen molar-refractivity contribution in [2.45, 2.75) is 50.0 Å². The summed E-state index contributed by atoms with van der Waals surface area (Å²) >= 11 is 0. The van der Waals surface area contributed by atoms with Gasteiger partial charge in [0.1, 0.15) is 41.4 Å². The van der Waals surface area contributed by atoms with Gasteiger partial charge < -0.3 is 45.5 Å². The van der Waals surface area contributed by atoms with Gasteiger partial charge in [-0.05, 0) is 81.2 Å². The number of esters is 1. The Hall–Kier alpha value is -4.07. The Morgan fingerprint density at radius 2 is 1.87 bits per heavy atom. The topological polar surface area (TPSA) is 160 Å². The molecule has 1 saturated carbocycles. The van der Waals surface area contributed by atoms with E-state index >= 15 is 0 Å². The number of nitrogens with two attached hydrogens (primary N) is 1. The molecule has 2 heterocycles. The average molecular weight is 646 g/mol. The van der Waals surface area contributed by atoms with Gasteiger partial charge in [0.25, 0.3) is 0 Å². The van der Waals surface area contributed by atoms with Gasteiger partial charge in [0, 0.05) is 32.3 Å². The number of aromatic nitrogens is 3. The lowest BCUT2D eigenvalue weighted by atomic mass is 10.0. The van der Waals surface area contributed by atoms with Gasteiger partial charge >= 0.3 is 5.97 Å². The van der Waals surface area contributed by atoms with Crippen LogP contribution in [0.15, 0.2) is 73.2 Å². The molecule has 4 aromatic rings. The van der Waals surface area contributed by atoms with Gasteiger partial charge in [-0.15, -0.1) is 0 Å². The number of benzene rings is 2. The molecule has 1 aliphatic carbocycles. The number of methoxy groups -OCH3 is 1. The standard InChI is InChI=1S/C35H47N7O5/c1-37-33-28-13-19-42(34(28)40-23-39-33)30-21-25(31(43)32(30)44)22-41(18-14-29(36)35(45)46-2)17-7-15-38-16-12-24-8-6-11-27(20-24)47-26-9-4-3-5-10-26/h3-6,8-11,13,19-20,23,25,29-32,38,43-44H,7,12,14-18,21-22,36H2,1-2H3,(H,37,39,40). The predicted molar refractivity (Wildman–Crippen MR) is 181 cm³/mol. The highest BCUT2D eigenvalue weighted by Crippen LogP contribution is 2.38. The fourth-order valence-corrected chi connectivity index (χ4v) is 6.39. The molecule has 5 atom stereocenters. The highest BCUT2D eigenvalue weighted by molar-refractivity contribution is 5.87. The fourth-order valence-electron chi connectivity index (χ4n) is 6.39. The number of nitrogens with zero attached hydrogens (tertiary/aromatic N) is 4. The molecule has 0 saturated heterocycles. The zero-order valence-electron chi connectivity index (χ0n) is 27.2. The van der Waals surface area contributed by atoms with Gasteiger partial charge in [-0.1, -0.05) is 30.3 Å². The molecule has 0 amide bonds. The molecule has 12 nitrogen and oxygen atoms in total. The molecule has 0 radical (unpaired) electrons. The van der Waals surface area contributed by atoms with Crippen molar-refractivity contribution in [1.82, 2.24) is 24.8 Å². The van der Waals surface area contributed by atoms with Crippen LogP contribution in [0.3, 0.4) is 0 Å². The zero-order valence-corrected chi connectivity index (χ0v) is 27.2. The maximum Gasteiger partial charge on any atom is 0.322 e. The van der Waals surface area contributed by atoms with Crippen LogP contribution in [0.1, 0.15) is 30.9 Å². The molecule has 252 valence electrons. The summed E-state index contributed by atoms with van der Waals surface area (Å²) in [5.74, 6) is 1.72. The second kappa shape index (κ2) is 16.7. The van der Waals surface area contributed by atoms with Crippen molar-refractivity contribution in [1.29, 1.82) is 0 Å². The molecule has 12 heteroatoms. The first-order valence-electron chi connectivity index (χ1n) is 16.3. The van der Waals surface area contributed by atoms with Crippen LogP contribution in [0.4, 0.5) is 5.82 Å². The summed E-state index contributed by atoms with van der Waals surface area (Å²) in [6.45, 7) is 3.50. The quantitative estimate of drug-likeness (QED) is 0.0849. The maximum atomic E-state index is 12.0. The van der Waals surface area contributed by atoms with E-state index in [0.717, 1.165) is 49.4 Å². The minimum atomic E-state index is -0.943. The third kappa shape index (κ3) is 8.85. The number of hydrogen-bond donors (Lipinski definition) is 5. The van der Waals surface area contributed by atoms with Crippen LogP contribution in [0.2, 0.25) is 0 Å². The summed E-state index contributed by atoms with van der Waals surface area (Å²) < 4.78 is 12.7. The van der Waals surface area contributed by atoms with Gasteiger partial charge in [-0.25, -0.2) is 9.97 Å². The number of aliphatic hydroxyl groups excluding tert-OH is 2. The summed E-state index contributed by atoms with van der Waals surface area (Å²) in [5.41, 5.74) is 7.97. The number of carbonyl (C=O) groups excluding carboxylic acids is 1. The molecular weight excluding hydrogens is 598 g/mol. The summed E-state index contributed by atoms with van der Waals surface area (Å²) in [4.78, 5) is 22.9. The fraction of sp³-hybridized carbons (Fsp3) is 0.457. The predicted octanol–water partition coefficient (Wildman–Crippen LogP) is 2.96. The SMILES string of the molecule is CNc1ncnc2c1ccn2C1CC(CN(CCCNCCc2cccc(Oc3ccccc3)c2)CCC(N)C(=O)OC)C(O)C1O. The van der Waals surface area contributed by atoms with E-state index in [9.17, 15) is 15.0 Å². The van der Waals surface area contributed by atoms with E-state index in [1.165, 1.54) is 19.0 Å². The Balaban J connectivity index is 1.14. The molecular formula is C35H47N7O5. The first-order chi connectivity index (χ1) is 22.9. The van der Waals surface area contributed by atoms with E-state index in [1.807, 2.05) is 59.3 Å². The first kappa shape index (κ1) is 34.3. The second-order valence-electron chi connectivity index (χ2n) is 12.1. The van der Waals surface area contributed by atoms with Crippen LogP contribution < -0.4 is 21.1 Å². The van der Waals surface area contributed by atoms with Gasteiger partial charge in [0.15, 0.2) is 0 Å². The van der Waals surface area contributed by atoms with E-state index in [1.54, 1.807) is 7.05 Å². The lowest BCUT2D eigenvalue weighted by Gasteiger charge is -2.28. The summed E-state index contributed by atoms with van der Waals surface area (Å²) in [6, 6.07) is 18.8. The van der Waals surface area contributed by atoms with Crippen molar-refractivity contribution in [3.63, 3.8) is 0 Å². The van der Waals surface area contributed by atoms with Crippen LogP contribution >= 0.6 is 0 Å². The molecule has 2 aromatic carbocycles.